The molecule has 1 heterocycles. The Hall–Kier alpha value is -2.44. The van der Waals surface area contributed by atoms with Crippen molar-refractivity contribution in [3.05, 3.63) is 47.7 Å². The average molecular weight is 284 g/mol. The second kappa shape index (κ2) is 4.92. The van der Waals surface area contributed by atoms with Crippen molar-refractivity contribution in [2.75, 3.05) is 5.73 Å². The van der Waals surface area contributed by atoms with Crippen molar-refractivity contribution in [3.63, 3.8) is 0 Å². The fourth-order valence-corrected chi connectivity index (χ4v) is 1.66. The van der Waals surface area contributed by atoms with Gasteiger partial charge in [-0.25, -0.2) is 4.79 Å². The Morgan fingerprint density at radius 3 is 2.45 bits per heavy atom. The lowest BCUT2D eigenvalue weighted by molar-refractivity contribution is -0.138. The van der Waals surface area contributed by atoms with Gasteiger partial charge in [0.1, 0.15) is 17.1 Å². The summed E-state index contributed by atoms with van der Waals surface area (Å²) in [7, 11) is 1.61. The molecule has 0 aliphatic heterocycles. The maximum Gasteiger partial charge on any atom is 0.419 e. The third-order valence-electron chi connectivity index (χ3n) is 2.74. The van der Waals surface area contributed by atoms with Crippen LogP contribution in [0.1, 0.15) is 15.9 Å². The summed E-state index contributed by atoms with van der Waals surface area (Å²) >= 11 is 0. The van der Waals surface area contributed by atoms with Crippen molar-refractivity contribution in [2.24, 2.45) is 7.05 Å². The number of ether oxygens (including phenoxy) is 1. The van der Waals surface area contributed by atoms with Crippen LogP contribution in [0.3, 0.4) is 0 Å². The van der Waals surface area contributed by atoms with Crippen LogP contribution in [-0.2, 0) is 13.2 Å². The molecule has 1 aromatic carbocycles. The molecule has 0 radical (unpaired) electrons. The summed E-state index contributed by atoms with van der Waals surface area (Å²) in [5, 5.41) is 0. The molecule has 0 atom stereocenters. The number of nitrogens with two attached hydrogens (primary N) is 1. The van der Waals surface area contributed by atoms with Gasteiger partial charge in [0, 0.05) is 13.2 Å². The highest BCUT2D eigenvalue weighted by Gasteiger charge is 2.34. The number of rotatable bonds is 2. The third-order valence-corrected chi connectivity index (χ3v) is 2.74. The number of aryl methyl sites for hydroxylation is 1. The first-order chi connectivity index (χ1) is 9.30. The number of carbonyl (C=O) groups excluding carboxylic acids is 1. The van der Waals surface area contributed by atoms with Gasteiger partial charge >= 0.3 is 12.1 Å². The van der Waals surface area contributed by atoms with Gasteiger partial charge in [-0.1, -0.05) is 12.1 Å². The standard InChI is InChI=1S/C13H11F3N2O2/c1-18-7-6-8(11(18)17)12(19)20-10-5-3-2-4-9(10)13(14,15)16/h2-7H,17H2,1H3. The average Bonchev–Trinajstić information content (AvgIpc) is 2.69. The monoisotopic (exact) mass is 284 g/mol. The Morgan fingerprint density at radius 1 is 1.25 bits per heavy atom. The van der Waals surface area contributed by atoms with Crippen LogP contribution >= 0.6 is 0 Å². The van der Waals surface area contributed by atoms with Crippen molar-refractivity contribution >= 4 is 11.8 Å². The number of aromatic nitrogens is 1. The van der Waals surface area contributed by atoms with Gasteiger partial charge in [0.25, 0.3) is 0 Å². The minimum Gasteiger partial charge on any atom is -0.422 e. The van der Waals surface area contributed by atoms with Crippen molar-refractivity contribution in [1.29, 1.82) is 0 Å². The summed E-state index contributed by atoms with van der Waals surface area (Å²) in [6.07, 6.45) is -3.08. The second-order valence-corrected chi connectivity index (χ2v) is 4.11. The molecule has 0 amide bonds. The van der Waals surface area contributed by atoms with E-state index in [0.717, 1.165) is 12.1 Å². The molecule has 2 rings (SSSR count). The predicted molar refractivity (Wildman–Crippen MR) is 66.2 cm³/mol. The van der Waals surface area contributed by atoms with Crippen molar-refractivity contribution in [1.82, 2.24) is 4.57 Å². The van der Waals surface area contributed by atoms with Crippen LogP contribution in [-0.4, -0.2) is 10.5 Å². The molecule has 20 heavy (non-hydrogen) atoms. The van der Waals surface area contributed by atoms with E-state index in [1.54, 1.807) is 7.05 Å². The zero-order chi connectivity index (χ0) is 14.9. The largest absolute Gasteiger partial charge is 0.422 e. The molecule has 2 aromatic rings. The Bertz CT molecular complexity index is 647. The van der Waals surface area contributed by atoms with Crippen LogP contribution in [0.2, 0.25) is 0 Å². The molecule has 7 heteroatoms. The van der Waals surface area contributed by atoms with E-state index in [1.807, 2.05) is 0 Å². The number of nitrogen functional groups attached to an aromatic ring is 1. The van der Waals surface area contributed by atoms with Gasteiger partial charge in [0.15, 0.2) is 0 Å². The maximum absolute atomic E-state index is 12.8. The Labute approximate surface area is 112 Å². The summed E-state index contributed by atoms with van der Waals surface area (Å²) in [4.78, 5) is 11.8. The lowest BCUT2D eigenvalue weighted by atomic mass is 10.2. The molecule has 2 N–H and O–H groups in total. The van der Waals surface area contributed by atoms with Gasteiger partial charge in [0.05, 0.1) is 5.56 Å². The Balaban J connectivity index is 2.32. The first kappa shape index (κ1) is 14.0. The number of nitrogens with zero attached hydrogens (tertiary/aromatic N) is 1. The number of alkyl halides is 3. The number of hydrogen-bond acceptors (Lipinski definition) is 3. The zero-order valence-corrected chi connectivity index (χ0v) is 10.4. The molecule has 0 fully saturated rings. The van der Waals surface area contributed by atoms with Gasteiger partial charge in [-0.15, -0.1) is 0 Å². The van der Waals surface area contributed by atoms with Crippen LogP contribution in [0.25, 0.3) is 0 Å². The lowest BCUT2D eigenvalue weighted by Gasteiger charge is -2.12. The number of anilines is 1. The summed E-state index contributed by atoms with van der Waals surface area (Å²) in [5.41, 5.74) is 4.63. The zero-order valence-electron chi connectivity index (χ0n) is 10.4. The molecule has 1 aromatic heterocycles. The van der Waals surface area contributed by atoms with E-state index < -0.39 is 23.5 Å². The molecular weight excluding hydrogens is 273 g/mol. The fraction of sp³-hybridized carbons (Fsp3) is 0.154. The maximum atomic E-state index is 12.8. The molecular formula is C13H11F3N2O2. The fourth-order valence-electron chi connectivity index (χ4n) is 1.66. The molecule has 0 saturated heterocycles. The Kier molecular flexibility index (Phi) is 3.44. The molecule has 0 unspecified atom stereocenters. The van der Waals surface area contributed by atoms with Crippen LogP contribution in [0.5, 0.6) is 5.75 Å². The van der Waals surface area contributed by atoms with E-state index in [4.69, 9.17) is 10.5 Å². The highest BCUT2D eigenvalue weighted by Crippen LogP contribution is 2.36. The normalized spacial score (nSPS) is 11.4. The number of halogens is 3. The Morgan fingerprint density at radius 2 is 1.90 bits per heavy atom. The molecule has 0 aliphatic carbocycles. The smallest absolute Gasteiger partial charge is 0.419 e. The first-order valence-electron chi connectivity index (χ1n) is 5.60. The van der Waals surface area contributed by atoms with Gasteiger partial charge in [-0.2, -0.15) is 13.2 Å². The predicted octanol–water partition coefficient (Wildman–Crippen LogP) is 2.85. The van der Waals surface area contributed by atoms with Crippen LogP contribution in [0, 0.1) is 0 Å². The molecule has 0 aliphatic rings. The van der Waals surface area contributed by atoms with Crippen molar-refractivity contribution < 1.29 is 22.7 Å². The van der Waals surface area contributed by atoms with Gasteiger partial charge in [0.2, 0.25) is 0 Å². The first-order valence-corrected chi connectivity index (χ1v) is 5.60. The number of hydrogen-bond donors (Lipinski definition) is 1. The number of carbonyl (C=O) groups is 1. The minimum atomic E-state index is -4.60. The van der Waals surface area contributed by atoms with Crippen LogP contribution in [0.15, 0.2) is 36.5 Å². The van der Waals surface area contributed by atoms with E-state index in [-0.39, 0.29) is 11.4 Å². The number of benzene rings is 1. The highest BCUT2D eigenvalue weighted by molar-refractivity contribution is 5.96. The van der Waals surface area contributed by atoms with E-state index in [0.29, 0.717) is 0 Å². The molecule has 106 valence electrons. The minimum absolute atomic E-state index is 0.0180. The molecule has 0 spiro atoms. The molecule has 4 nitrogen and oxygen atoms in total. The molecule has 0 bridgehead atoms. The van der Waals surface area contributed by atoms with Crippen molar-refractivity contribution in [2.45, 2.75) is 6.18 Å². The van der Waals surface area contributed by atoms with E-state index in [9.17, 15) is 18.0 Å². The van der Waals surface area contributed by atoms with Crippen LogP contribution < -0.4 is 10.5 Å². The van der Waals surface area contributed by atoms with E-state index in [2.05, 4.69) is 0 Å². The van der Waals surface area contributed by atoms with E-state index >= 15 is 0 Å². The lowest BCUT2D eigenvalue weighted by Crippen LogP contribution is -2.14. The van der Waals surface area contributed by atoms with Crippen molar-refractivity contribution in [3.8, 4) is 5.75 Å². The number of para-hydroxylation sites is 1. The molecule has 0 saturated carbocycles. The summed E-state index contributed by atoms with van der Waals surface area (Å²) in [6, 6.07) is 5.88. The quantitative estimate of drug-likeness (QED) is 0.681. The topological polar surface area (TPSA) is 57.2 Å². The third kappa shape index (κ3) is 2.61. The summed E-state index contributed by atoms with van der Waals surface area (Å²) in [6.45, 7) is 0. The summed E-state index contributed by atoms with van der Waals surface area (Å²) in [5.74, 6) is -1.35. The highest BCUT2D eigenvalue weighted by atomic mass is 19.4. The summed E-state index contributed by atoms with van der Waals surface area (Å²) < 4.78 is 44.6. The van der Waals surface area contributed by atoms with Crippen LogP contribution in [0.4, 0.5) is 19.0 Å². The van der Waals surface area contributed by atoms with Gasteiger partial charge in [-0.05, 0) is 18.2 Å². The van der Waals surface area contributed by atoms with Gasteiger partial charge in [-0.3, -0.25) is 0 Å². The van der Waals surface area contributed by atoms with Gasteiger partial charge < -0.3 is 15.0 Å². The number of esters is 1. The SMILES string of the molecule is Cn1ccc(C(=O)Oc2ccccc2C(F)(F)F)c1N. The van der Waals surface area contributed by atoms with E-state index in [1.165, 1.54) is 29.0 Å². The second-order valence-electron chi connectivity index (χ2n) is 4.11.